The summed E-state index contributed by atoms with van der Waals surface area (Å²) in [6.45, 7) is 3.62. The number of aliphatic carboxylic acids is 2. The minimum atomic E-state index is -5.08. The minimum absolute atomic E-state index is 0.280. The summed E-state index contributed by atoms with van der Waals surface area (Å²) in [5.41, 5.74) is 1.14. The van der Waals surface area contributed by atoms with Gasteiger partial charge in [-0.2, -0.15) is 26.3 Å². The predicted octanol–water partition coefficient (Wildman–Crippen LogP) is 3.81. The first kappa shape index (κ1) is 31.1. The second-order valence-corrected chi connectivity index (χ2v) is 8.46. The van der Waals surface area contributed by atoms with Crippen molar-refractivity contribution in [3.8, 4) is 0 Å². The number of ether oxygens (including phenoxy) is 1. The maximum absolute atomic E-state index is 10.6. The smallest absolute Gasteiger partial charge is 0.475 e. The molecule has 0 amide bonds. The number of rotatable bonds is 5. The number of hydrogen-bond acceptors (Lipinski definition) is 7. The molecule has 0 unspecified atom stereocenters. The number of alkyl halides is 6. The number of fused-ring (bicyclic) bond motifs is 1. The number of likely N-dealkylation sites (tertiary alicyclic amines) is 1. The molecule has 38 heavy (non-hydrogen) atoms. The molecule has 0 bridgehead atoms. The molecule has 0 radical (unpaired) electrons. The fourth-order valence-corrected chi connectivity index (χ4v) is 4.06. The van der Waals surface area contributed by atoms with Gasteiger partial charge in [-0.3, -0.25) is 14.8 Å². The zero-order valence-electron chi connectivity index (χ0n) is 20.2. The molecule has 2 aliphatic rings. The molecule has 4 rings (SSSR count). The maximum Gasteiger partial charge on any atom is 0.490 e. The van der Waals surface area contributed by atoms with Gasteiger partial charge in [0.15, 0.2) is 0 Å². The highest BCUT2D eigenvalue weighted by Crippen LogP contribution is 2.32. The first-order valence-corrected chi connectivity index (χ1v) is 11.3. The van der Waals surface area contributed by atoms with E-state index in [1.807, 2.05) is 24.4 Å². The fourth-order valence-electron chi connectivity index (χ4n) is 4.06. The Hall–Kier alpha value is -3.17. The van der Waals surface area contributed by atoms with Gasteiger partial charge in [-0.25, -0.2) is 9.59 Å². The molecule has 3 atom stereocenters. The molecule has 2 aromatic rings. The van der Waals surface area contributed by atoms with Gasteiger partial charge in [-0.05, 0) is 44.2 Å². The van der Waals surface area contributed by atoms with Crippen LogP contribution in [0.5, 0.6) is 0 Å². The van der Waals surface area contributed by atoms with Gasteiger partial charge in [0.2, 0.25) is 0 Å². The predicted molar refractivity (Wildman–Crippen MR) is 119 cm³/mol. The van der Waals surface area contributed by atoms with E-state index >= 15 is 0 Å². The van der Waals surface area contributed by atoms with E-state index in [-0.39, 0.29) is 6.10 Å². The molecule has 15 heteroatoms. The van der Waals surface area contributed by atoms with Crippen LogP contribution >= 0.6 is 0 Å². The summed E-state index contributed by atoms with van der Waals surface area (Å²) in [6, 6.07) is 11.0. The van der Waals surface area contributed by atoms with E-state index in [0.717, 1.165) is 44.1 Å². The van der Waals surface area contributed by atoms with Crippen molar-refractivity contribution < 1.29 is 55.3 Å². The van der Waals surface area contributed by atoms with E-state index in [9.17, 15) is 26.3 Å². The quantitative estimate of drug-likeness (QED) is 0.532. The second kappa shape index (κ2) is 13.6. The number of carbonyl (C=O) groups is 2. The van der Waals surface area contributed by atoms with Gasteiger partial charge in [0.1, 0.15) is 5.76 Å². The molecule has 2 N–H and O–H groups in total. The standard InChI is InChI=1S/C19H25N3O2.2C2HF3O2/c1-21(13-16-7-4-10-23-16)18-14-22(12-15-6-2-3-9-20-15)17-8-5-11-24-19(17)18;2*3-2(4,5)1(6)7/h2-4,6-7,9-10,17-19H,5,8,11-14H2,1H3;2*(H,6,7)/t17-,18-,19+;;/m1../s1. The van der Waals surface area contributed by atoms with Crippen LogP contribution < -0.4 is 0 Å². The van der Waals surface area contributed by atoms with Crippen LogP contribution in [0.25, 0.3) is 0 Å². The number of halogens is 6. The van der Waals surface area contributed by atoms with Crippen molar-refractivity contribution in [3.63, 3.8) is 0 Å². The summed E-state index contributed by atoms with van der Waals surface area (Å²) in [4.78, 5) is 27.2. The van der Waals surface area contributed by atoms with Gasteiger partial charge in [0.05, 0.1) is 30.6 Å². The lowest BCUT2D eigenvalue weighted by Crippen LogP contribution is -2.46. The van der Waals surface area contributed by atoms with E-state index in [2.05, 4.69) is 34.0 Å². The summed E-state index contributed by atoms with van der Waals surface area (Å²) >= 11 is 0. The Morgan fingerprint density at radius 2 is 1.71 bits per heavy atom. The van der Waals surface area contributed by atoms with Gasteiger partial charge in [0, 0.05) is 31.9 Å². The Balaban J connectivity index is 0.000000301. The molecule has 0 saturated carbocycles. The number of likely N-dealkylation sites (N-methyl/N-ethyl adjacent to an activating group) is 1. The first-order valence-electron chi connectivity index (χ1n) is 11.3. The van der Waals surface area contributed by atoms with E-state index < -0.39 is 24.3 Å². The highest BCUT2D eigenvalue weighted by Gasteiger charge is 2.45. The van der Waals surface area contributed by atoms with Crippen molar-refractivity contribution >= 4 is 11.9 Å². The SMILES string of the molecule is CN(Cc1ccco1)[C@@H]1CN(Cc2ccccn2)[C@@H]2CCCO[C@H]12.O=C(O)C(F)(F)F.O=C(O)C(F)(F)F. The zero-order valence-corrected chi connectivity index (χ0v) is 20.2. The van der Waals surface area contributed by atoms with Crippen molar-refractivity contribution in [1.82, 2.24) is 14.8 Å². The van der Waals surface area contributed by atoms with Gasteiger partial charge >= 0.3 is 24.3 Å². The first-order chi connectivity index (χ1) is 17.7. The summed E-state index contributed by atoms with van der Waals surface area (Å²) in [5.74, 6) is -4.51. The minimum Gasteiger partial charge on any atom is -0.475 e. The molecule has 2 aromatic heterocycles. The average Bonchev–Trinajstić information content (AvgIpc) is 3.48. The van der Waals surface area contributed by atoms with Crippen LogP contribution in [0.2, 0.25) is 0 Å². The number of nitrogens with zero attached hydrogens (tertiary/aromatic N) is 3. The molecule has 2 saturated heterocycles. The van der Waals surface area contributed by atoms with Crippen LogP contribution in [0, 0.1) is 0 Å². The summed E-state index contributed by atoms with van der Waals surface area (Å²) in [7, 11) is 2.17. The third-order valence-electron chi connectivity index (χ3n) is 5.73. The lowest BCUT2D eigenvalue weighted by Gasteiger charge is -2.34. The van der Waals surface area contributed by atoms with Crippen LogP contribution in [-0.4, -0.2) is 87.7 Å². The van der Waals surface area contributed by atoms with E-state index in [1.54, 1.807) is 6.26 Å². The lowest BCUT2D eigenvalue weighted by atomic mass is 10.00. The highest BCUT2D eigenvalue weighted by atomic mass is 19.4. The molecule has 0 spiro atoms. The Labute approximate surface area is 213 Å². The number of furan rings is 1. The van der Waals surface area contributed by atoms with E-state index in [4.69, 9.17) is 29.0 Å². The molecular weight excluding hydrogens is 528 g/mol. The third kappa shape index (κ3) is 9.61. The molecule has 2 aliphatic heterocycles. The number of pyridine rings is 1. The van der Waals surface area contributed by atoms with Crippen LogP contribution in [0.15, 0.2) is 47.2 Å². The van der Waals surface area contributed by atoms with Gasteiger partial charge in [0.25, 0.3) is 0 Å². The second-order valence-electron chi connectivity index (χ2n) is 8.46. The van der Waals surface area contributed by atoms with Crippen molar-refractivity contribution in [2.45, 2.75) is 56.5 Å². The molecule has 2 fully saturated rings. The molecule has 0 aliphatic carbocycles. The molecule has 0 aromatic carbocycles. The third-order valence-corrected chi connectivity index (χ3v) is 5.73. The highest BCUT2D eigenvalue weighted by molar-refractivity contribution is 5.73. The number of aromatic nitrogens is 1. The van der Waals surface area contributed by atoms with Crippen molar-refractivity contribution in [2.24, 2.45) is 0 Å². The number of hydrogen-bond donors (Lipinski definition) is 2. The van der Waals surface area contributed by atoms with Gasteiger partial charge in [-0.1, -0.05) is 6.07 Å². The van der Waals surface area contributed by atoms with Crippen LogP contribution in [0.3, 0.4) is 0 Å². The normalized spacial score (nSPS) is 21.5. The Morgan fingerprint density at radius 1 is 1.08 bits per heavy atom. The van der Waals surface area contributed by atoms with Gasteiger partial charge < -0.3 is 19.4 Å². The van der Waals surface area contributed by atoms with Crippen molar-refractivity contribution in [1.29, 1.82) is 0 Å². The zero-order chi connectivity index (χ0) is 28.5. The van der Waals surface area contributed by atoms with Crippen LogP contribution in [0.4, 0.5) is 26.3 Å². The fraction of sp³-hybridized carbons (Fsp3) is 0.522. The topological polar surface area (TPSA) is 116 Å². The van der Waals surface area contributed by atoms with Crippen LogP contribution in [-0.2, 0) is 27.4 Å². The van der Waals surface area contributed by atoms with E-state index in [1.165, 1.54) is 6.42 Å². The van der Waals surface area contributed by atoms with Crippen LogP contribution in [0.1, 0.15) is 24.3 Å². The monoisotopic (exact) mass is 555 g/mol. The largest absolute Gasteiger partial charge is 0.490 e. The molecule has 4 heterocycles. The summed E-state index contributed by atoms with van der Waals surface area (Å²) in [5, 5.41) is 14.2. The van der Waals surface area contributed by atoms with Gasteiger partial charge in [-0.15, -0.1) is 0 Å². The Kier molecular flexibility index (Phi) is 11.1. The number of carboxylic acids is 2. The molecular formula is C23H27F6N3O6. The Bertz CT molecular complexity index is 979. The van der Waals surface area contributed by atoms with E-state index in [0.29, 0.717) is 12.1 Å². The average molecular weight is 555 g/mol. The summed E-state index contributed by atoms with van der Waals surface area (Å²) < 4.78 is 75.2. The maximum atomic E-state index is 10.6. The Morgan fingerprint density at radius 3 is 2.21 bits per heavy atom. The lowest BCUT2D eigenvalue weighted by molar-refractivity contribution is -0.193. The van der Waals surface area contributed by atoms with Crippen molar-refractivity contribution in [2.75, 3.05) is 20.2 Å². The molecule has 9 nitrogen and oxygen atoms in total. The molecule has 212 valence electrons. The van der Waals surface area contributed by atoms with Crippen molar-refractivity contribution in [3.05, 3.63) is 54.2 Å². The summed E-state index contributed by atoms with van der Waals surface area (Å²) in [6.07, 6.45) is -3.91. The number of carboxylic acid groups (broad SMARTS) is 2.